The fourth-order valence-corrected chi connectivity index (χ4v) is 3.70. The van der Waals surface area contributed by atoms with Crippen LogP contribution in [0.3, 0.4) is 0 Å². The molecule has 2 bridgehead atoms. The summed E-state index contributed by atoms with van der Waals surface area (Å²) in [5.41, 5.74) is 0.531. The van der Waals surface area contributed by atoms with E-state index >= 15 is 0 Å². The summed E-state index contributed by atoms with van der Waals surface area (Å²) < 4.78 is 0. The first-order valence-corrected chi connectivity index (χ1v) is 6.93. The van der Waals surface area contributed by atoms with Gasteiger partial charge in [0.2, 0.25) is 0 Å². The third-order valence-corrected chi connectivity index (χ3v) is 4.67. The SMILES string of the molecule is CC1(CN2CCC3CCC(C2)N3)CCNC1.Cl.Cl. The lowest BCUT2D eigenvalue weighted by molar-refractivity contribution is 0.170. The summed E-state index contributed by atoms with van der Waals surface area (Å²) in [6.07, 6.45) is 5.53. The third kappa shape index (κ3) is 3.73. The van der Waals surface area contributed by atoms with E-state index in [1.54, 1.807) is 0 Å². The summed E-state index contributed by atoms with van der Waals surface area (Å²) in [7, 11) is 0. The second-order valence-corrected chi connectivity index (χ2v) is 6.40. The van der Waals surface area contributed by atoms with Crippen LogP contribution >= 0.6 is 24.8 Å². The molecule has 108 valence electrons. The van der Waals surface area contributed by atoms with Gasteiger partial charge in [0.25, 0.3) is 0 Å². The maximum absolute atomic E-state index is 3.76. The van der Waals surface area contributed by atoms with Crippen molar-refractivity contribution in [1.82, 2.24) is 15.5 Å². The Hall–Kier alpha value is 0.460. The summed E-state index contributed by atoms with van der Waals surface area (Å²) in [6.45, 7) is 8.77. The predicted octanol–water partition coefficient (Wildman–Crippen LogP) is 1.66. The Labute approximate surface area is 123 Å². The van der Waals surface area contributed by atoms with Crippen LogP contribution in [-0.2, 0) is 0 Å². The second-order valence-electron chi connectivity index (χ2n) is 6.40. The van der Waals surface area contributed by atoms with Crippen LogP contribution in [0.4, 0.5) is 0 Å². The first-order valence-electron chi connectivity index (χ1n) is 6.93. The predicted molar refractivity (Wildman–Crippen MR) is 81.1 cm³/mol. The van der Waals surface area contributed by atoms with Gasteiger partial charge in [-0.1, -0.05) is 6.92 Å². The van der Waals surface area contributed by atoms with Crippen molar-refractivity contribution >= 4 is 24.8 Å². The van der Waals surface area contributed by atoms with Crippen LogP contribution in [0.25, 0.3) is 0 Å². The molecule has 0 aliphatic carbocycles. The zero-order valence-electron chi connectivity index (χ0n) is 11.3. The highest BCUT2D eigenvalue weighted by Gasteiger charge is 2.34. The first kappa shape index (κ1) is 16.5. The summed E-state index contributed by atoms with van der Waals surface area (Å²) in [6, 6.07) is 1.61. The second kappa shape index (κ2) is 6.76. The molecule has 2 N–H and O–H groups in total. The minimum absolute atomic E-state index is 0. The molecule has 0 aromatic heterocycles. The van der Waals surface area contributed by atoms with E-state index in [0.29, 0.717) is 5.41 Å². The van der Waals surface area contributed by atoms with Crippen LogP contribution in [0.1, 0.15) is 32.6 Å². The van der Waals surface area contributed by atoms with E-state index in [1.807, 2.05) is 0 Å². The topological polar surface area (TPSA) is 27.3 Å². The Balaban J connectivity index is 0.000000810. The molecule has 3 fully saturated rings. The molecular weight excluding hydrogens is 269 g/mol. The lowest BCUT2D eigenvalue weighted by atomic mass is 9.89. The molecule has 3 aliphatic heterocycles. The van der Waals surface area contributed by atoms with E-state index in [4.69, 9.17) is 0 Å². The molecule has 3 atom stereocenters. The van der Waals surface area contributed by atoms with Gasteiger partial charge in [-0.3, -0.25) is 0 Å². The van der Waals surface area contributed by atoms with Crippen molar-refractivity contribution < 1.29 is 0 Å². The van der Waals surface area contributed by atoms with Gasteiger partial charge in [-0.2, -0.15) is 0 Å². The number of hydrogen-bond donors (Lipinski definition) is 2. The molecule has 3 saturated heterocycles. The normalized spacial score (nSPS) is 39.8. The molecule has 0 aromatic carbocycles. The molecule has 0 aromatic rings. The highest BCUT2D eigenvalue weighted by Crippen LogP contribution is 2.28. The van der Waals surface area contributed by atoms with Crippen molar-refractivity contribution in [2.75, 3.05) is 32.7 Å². The van der Waals surface area contributed by atoms with Crippen LogP contribution < -0.4 is 10.6 Å². The molecule has 0 spiro atoms. The van der Waals surface area contributed by atoms with Gasteiger partial charge in [0.05, 0.1) is 0 Å². The molecule has 3 heterocycles. The maximum Gasteiger partial charge on any atom is 0.0198 e. The van der Waals surface area contributed by atoms with Gasteiger partial charge in [0.15, 0.2) is 0 Å². The monoisotopic (exact) mass is 295 g/mol. The number of likely N-dealkylation sites (tertiary alicyclic amines) is 1. The van der Waals surface area contributed by atoms with Gasteiger partial charge in [-0.25, -0.2) is 0 Å². The van der Waals surface area contributed by atoms with Crippen molar-refractivity contribution in [1.29, 1.82) is 0 Å². The maximum atomic E-state index is 3.76. The lowest BCUT2D eigenvalue weighted by Gasteiger charge is -2.32. The average Bonchev–Trinajstić information content (AvgIpc) is 2.78. The van der Waals surface area contributed by atoms with Gasteiger partial charge in [0.1, 0.15) is 0 Å². The number of halogens is 2. The van der Waals surface area contributed by atoms with E-state index in [-0.39, 0.29) is 24.8 Å². The molecule has 0 amide bonds. The summed E-state index contributed by atoms with van der Waals surface area (Å²) in [5.74, 6) is 0. The quantitative estimate of drug-likeness (QED) is 0.811. The molecule has 3 unspecified atom stereocenters. The minimum Gasteiger partial charge on any atom is -0.316 e. The number of nitrogens with zero attached hydrogens (tertiary/aromatic N) is 1. The van der Waals surface area contributed by atoms with Gasteiger partial charge in [-0.05, 0) is 44.2 Å². The molecule has 18 heavy (non-hydrogen) atoms. The number of hydrogen-bond acceptors (Lipinski definition) is 3. The Kier molecular flexibility index (Phi) is 6.20. The van der Waals surface area contributed by atoms with Gasteiger partial charge < -0.3 is 15.5 Å². The summed E-state index contributed by atoms with van der Waals surface area (Å²) in [5, 5.41) is 7.27. The Morgan fingerprint density at radius 2 is 1.94 bits per heavy atom. The smallest absolute Gasteiger partial charge is 0.0198 e. The highest BCUT2D eigenvalue weighted by molar-refractivity contribution is 5.85. The molecule has 5 heteroatoms. The van der Waals surface area contributed by atoms with E-state index in [9.17, 15) is 0 Å². The van der Waals surface area contributed by atoms with Crippen molar-refractivity contribution in [2.24, 2.45) is 5.41 Å². The van der Waals surface area contributed by atoms with Gasteiger partial charge >= 0.3 is 0 Å². The molecule has 3 aliphatic rings. The summed E-state index contributed by atoms with van der Waals surface area (Å²) in [4.78, 5) is 2.71. The van der Waals surface area contributed by atoms with E-state index in [2.05, 4.69) is 22.5 Å². The Morgan fingerprint density at radius 1 is 1.17 bits per heavy atom. The standard InChI is InChI=1S/C13H25N3.2ClH/c1-13(5-6-14-9-13)10-16-7-4-11-2-3-12(8-16)15-11;;/h11-12,14-15H,2-10H2,1H3;2*1H. The molecule has 3 nitrogen and oxygen atoms in total. The molecular formula is C13H27Cl2N3. The Bertz CT molecular complexity index is 257. The van der Waals surface area contributed by atoms with Crippen molar-refractivity contribution in [3.05, 3.63) is 0 Å². The van der Waals surface area contributed by atoms with Crippen molar-refractivity contribution in [2.45, 2.75) is 44.7 Å². The average molecular weight is 296 g/mol. The number of fused-ring (bicyclic) bond motifs is 2. The van der Waals surface area contributed by atoms with Gasteiger partial charge in [0, 0.05) is 31.7 Å². The van der Waals surface area contributed by atoms with E-state index in [1.165, 1.54) is 58.4 Å². The highest BCUT2D eigenvalue weighted by atomic mass is 35.5. The van der Waals surface area contributed by atoms with E-state index < -0.39 is 0 Å². The Morgan fingerprint density at radius 3 is 2.67 bits per heavy atom. The van der Waals surface area contributed by atoms with Crippen LogP contribution in [0.5, 0.6) is 0 Å². The zero-order valence-corrected chi connectivity index (χ0v) is 12.9. The molecule has 0 saturated carbocycles. The van der Waals surface area contributed by atoms with Crippen molar-refractivity contribution in [3.8, 4) is 0 Å². The van der Waals surface area contributed by atoms with Crippen LogP contribution in [0, 0.1) is 5.41 Å². The number of rotatable bonds is 2. The lowest BCUT2D eigenvalue weighted by Crippen LogP contribution is -2.42. The first-order chi connectivity index (χ1) is 7.73. The fraction of sp³-hybridized carbons (Fsp3) is 1.00. The largest absolute Gasteiger partial charge is 0.316 e. The van der Waals surface area contributed by atoms with Crippen LogP contribution in [0.15, 0.2) is 0 Å². The minimum atomic E-state index is 0. The van der Waals surface area contributed by atoms with Gasteiger partial charge in [-0.15, -0.1) is 24.8 Å². The fourth-order valence-electron chi connectivity index (χ4n) is 3.70. The zero-order chi connectivity index (χ0) is 11.0. The molecule has 0 radical (unpaired) electrons. The van der Waals surface area contributed by atoms with E-state index in [0.717, 1.165) is 12.1 Å². The van der Waals surface area contributed by atoms with Crippen LogP contribution in [-0.4, -0.2) is 49.7 Å². The van der Waals surface area contributed by atoms with Crippen molar-refractivity contribution in [3.63, 3.8) is 0 Å². The van der Waals surface area contributed by atoms with Crippen LogP contribution in [0.2, 0.25) is 0 Å². The number of nitrogens with one attached hydrogen (secondary N) is 2. The summed E-state index contributed by atoms with van der Waals surface area (Å²) >= 11 is 0. The molecule has 3 rings (SSSR count). The third-order valence-electron chi connectivity index (χ3n) is 4.67.